The van der Waals surface area contributed by atoms with Crippen molar-refractivity contribution in [1.29, 1.82) is 0 Å². The summed E-state index contributed by atoms with van der Waals surface area (Å²) >= 11 is 0. The fourth-order valence-corrected chi connectivity index (χ4v) is 1.41. The minimum absolute atomic E-state index is 0. The van der Waals surface area contributed by atoms with E-state index in [-0.39, 0.29) is 4.70 Å². The number of hydrogen-bond acceptors (Lipinski definition) is 0. The summed E-state index contributed by atoms with van der Waals surface area (Å²) in [6.45, 7) is 0. The molecule has 3 heteroatoms. The van der Waals surface area contributed by atoms with Gasteiger partial charge in [-0.05, 0) is 11.6 Å². The van der Waals surface area contributed by atoms with Crippen LogP contribution in [-0.4, -0.2) is 10.5 Å². The maximum absolute atomic E-state index is 8.69. The molecule has 2 nitrogen and oxygen atoms in total. The quantitative estimate of drug-likeness (QED) is 0.429. The molecule has 66 valence electrons. The van der Waals surface area contributed by atoms with Crippen LogP contribution in [-0.2, 0) is 0 Å². The second-order valence-electron chi connectivity index (χ2n) is 2.74. The summed E-state index contributed by atoms with van der Waals surface area (Å²) < 4.78 is 0. The lowest BCUT2D eigenvalue weighted by Gasteiger charge is -2.04. The first-order valence-corrected chi connectivity index (χ1v) is 3.88. The Hall–Kier alpha value is -1.73. The number of halogens is 1. The molecule has 0 aliphatic heterocycles. The molecule has 0 N–H and O–H groups in total. The third kappa shape index (κ3) is 1.55. The molecule has 1 aliphatic rings. The van der Waals surface area contributed by atoms with E-state index in [2.05, 4.69) is 4.79 Å². The van der Waals surface area contributed by atoms with E-state index >= 15 is 0 Å². The molecule has 2 rings (SSSR count). The van der Waals surface area contributed by atoms with Gasteiger partial charge >= 0.3 is 5.71 Å². The minimum atomic E-state index is 0. The molecule has 0 spiro atoms. The SMILES string of the molecule is F.[N-]=[N+]=C1CC=Cc2ccccc21. The maximum atomic E-state index is 8.69. The molecular weight excluding hydrogens is 167 g/mol. The molecule has 0 amide bonds. The normalized spacial score (nSPS) is 12.8. The van der Waals surface area contributed by atoms with Gasteiger partial charge in [-0.25, -0.2) is 0 Å². The predicted molar refractivity (Wildman–Crippen MR) is 50.3 cm³/mol. The Bertz CT molecular complexity index is 390. The third-order valence-corrected chi connectivity index (χ3v) is 2.00. The zero-order chi connectivity index (χ0) is 8.39. The molecule has 0 bridgehead atoms. The van der Waals surface area contributed by atoms with Gasteiger partial charge in [-0.3, -0.25) is 4.70 Å². The van der Waals surface area contributed by atoms with Crippen LogP contribution in [0.4, 0.5) is 4.70 Å². The summed E-state index contributed by atoms with van der Waals surface area (Å²) in [6, 6.07) is 7.90. The van der Waals surface area contributed by atoms with Crippen molar-refractivity contribution < 1.29 is 9.49 Å². The van der Waals surface area contributed by atoms with Crippen molar-refractivity contribution in [2.45, 2.75) is 6.42 Å². The first-order valence-electron chi connectivity index (χ1n) is 3.88. The summed E-state index contributed by atoms with van der Waals surface area (Å²) in [5.41, 5.74) is 11.6. The Morgan fingerprint density at radius 3 is 2.77 bits per heavy atom. The van der Waals surface area contributed by atoms with Crippen LogP contribution >= 0.6 is 0 Å². The molecule has 1 aliphatic carbocycles. The van der Waals surface area contributed by atoms with Gasteiger partial charge in [-0.1, -0.05) is 30.4 Å². The second kappa shape index (κ2) is 3.78. The number of allylic oxidation sites excluding steroid dienone is 1. The highest BCUT2D eigenvalue weighted by Crippen LogP contribution is 2.17. The zero-order valence-electron chi connectivity index (χ0n) is 6.97. The number of hydrogen-bond donors (Lipinski definition) is 0. The lowest BCUT2D eigenvalue weighted by Crippen LogP contribution is -2.06. The van der Waals surface area contributed by atoms with Crippen molar-refractivity contribution >= 4 is 11.8 Å². The average Bonchev–Trinajstić information content (AvgIpc) is 2.17. The lowest BCUT2D eigenvalue weighted by atomic mass is 9.96. The van der Waals surface area contributed by atoms with Gasteiger partial charge in [0.2, 0.25) is 0 Å². The summed E-state index contributed by atoms with van der Waals surface area (Å²) in [7, 11) is 0. The van der Waals surface area contributed by atoms with Crippen LogP contribution in [0.15, 0.2) is 30.3 Å². The Labute approximate surface area is 75.5 Å². The number of nitrogens with zero attached hydrogens (tertiary/aromatic N) is 2. The van der Waals surface area contributed by atoms with Crippen LogP contribution in [0.25, 0.3) is 11.6 Å². The average molecular weight is 176 g/mol. The van der Waals surface area contributed by atoms with E-state index in [1.165, 1.54) is 0 Å². The Balaban J connectivity index is 0.000000845. The molecule has 0 heterocycles. The molecule has 0 fully saturated rings. The van der Waals surface area contributed by atoms with E-state index in [1.807, 2.05) is 36.4 Å². The van der Waals surface area contributed by atoms with E-state index < -0.39 is 0 Å². The second-order valence-corrected chi connectivity index (χ2v) is 2.74. The van der Waals surface area contributed by atoms with Crippen molar-refractivity contribution in [3.63, 3.8) is 0 Å². The summed E-state index contributed by atoms with van der Waals surface area (Å²) in [4.78, 5) is 3.25. The zero-order valence-corrected chi connectivity index (χ0v) is 6.97. The molecule has 13 heavy (non-hydrogen) atoms. The van der Waals surface area contributed by atoms with Crippen molar-refractivity contribution in [3.8, 4) is 0 Å². The first kappa shape index (κ1) is 9.36. The standard InChI is InChI=1S/C10H8N2.FH/c11-12-10-7-3-5-8-4-1-2-6-9(8)10;/h1-6H,7H2;1H. The molecule has 0 radical (unpaired) electrons. The van der Waals surface area contributed by atoms with E-state index in [4.69, 9.17) is 5.53 Å². The van der Waals surface area contributed by atoms with Gasteiger partial charge < -0.3 is 5.53 Å². The topological polar surface area (TPSA) is 36.4 Å². The van der Waals surface area contributed by atoms with Gasteiger partial charge in [-0.2, -0.15) is 4.79 Å². The summed E-state index contributed by atoms with van der Waals surface area (Å²) in [5, 5.41) is 0. The smallest absolute Gasteiger partial charge is 0.303 e. The van der Waals surface area contributed by atoms with Crippen LogP contribution < -0.4 is 0 Å². The van der Waals surface area contributed by atoms with E-state index in [1.54, 1.807) is 0 Å². The molecule has 0 saturated carbocycles. The van der Waals surface area contributed by atoms with Crippen LogP contribution in [0.2, 0.25) is 0 Å². The van der Waals surface area contributed by atoms with E-state index in [0.29, 0.717) is 6.42 Å². The number of benzene rings is 1. The first-order chi connectivity index (χ1) is 5.92. The number of rotatable bonds is 0. The van der Waals surface area contributed by atoms with Crippen LogP contribution in [0.3, 0.4) is 0 Å². The van der Waals surface area contributed by atoms with Crippen LogP contribution in [0, 0.1) is 0 Å². The molecule has 0 aromatic heterocycles. The highest BCUT2D eigenvalue weighted by Gasteiger charge is 2.16. The van der Waals surface area contributed by atoms with Crippen molar-refractivity contribution in [2.24, 2.45) is 0 Å². The molecular formula is C10H9FN2. The minimum Gasteiger partial charge on any atom is -0.361 e. The monoisotopic (exact) mass is 176 g/mol. The predicted octanol–water partition coefficient (Wildman–Crippen LogP) is 2.27. The Morgan fingerprint density at radius 2 is 2.00 bits per heavy atom. The highest BCUT2D eigenvalue weighted by atomic mass is 19.0. The van der Waals surface area contributed by atoms with Gasteiger partial charge in [0.25, 0.3) is 0 Å². The lowest BCUT2D eigenvalue weighted by molar-refractivity contribution is -0.00606. The Kier molecular flexibility index (Phi) is 2.72. The molecule has 0 atom stereocenters. The van der Waals surface area contributed by atoms with Crippen LogP contribution in [0.1, 0.15) is 17.5 Å². The largest absolute Gasteiger partial charge is 0.361 e. The van der Waals surface area contributed by atoms with Gasteiger partial charge in [0.15, 0.2) is 0 Å². The van der Waals surface area contributed by atoms with Gasteiger partial charge in [0.05, 0.1) is 12.0 Å². The molecule has 0 unspecified atom stereocenters. The number of fused-ring (bicyclic) bond motifs is 1. The van der Waals surface area contributed by atoms with Crippen molar-refractivity contribution in [1.82, 2.24) is 0 Å². The van der Waals surface area contributed by atoms with Gasteiger partial charge in [-0.15, -0.1) is 0 Å². The fraction of sp³-hybridized carbons (Fsp3) is 0.100. The van der Waals surface area contributed by atoms with Crippen molar-refractivity contribution in [2.75, 3.05) is 0 Å². The van der Waals surface area contributed by atoms with Gasteiger partial charge in [0.1, 0.15) is 0 Å². The van der Waals surface area contributed by atoms with Crippen molar-refractivity contribution in [3.05, 3.63) is 47.0 Å². The molecule has 1 aromatic carbocycles. The Morgan fingerprint density at radius 1 is 1.23 bits per heavy atom. The highest BCUT2D eigenvalue weighted by molar-refractivity contribution is 6.02. The molecule has 1 aromatic rings. The molecule has 0 saturated heterocycles. The fourth-order valence-electron chi connectivity index (χ4n) is 1.41. The summed E-state index contributed by atoms with van der Waals surface area (Å²) in [5.74, 6) is 0. The van der Waals surface area contributed by atoms with E-state index in [9.17, 15) is 0 Å². The maximum Gasteiger partial charge on any atom is 0.303 e. The van der Waals surface area contributed by atoms with E-state index in [0.717, 1.165) is 16.8 Å². The third-order valence-electron chi connectivity index (χ3n) is 2.00. The van der Waals surface area contributed by atoms with Gasteiger partial charge in [0, 0.05) is 0 Å². The summed E-state index contributed by atoms with van der Waals surface area (Å²) in [6.07, 6.45) is 4.76. The van der Waals surface area contributed by atoms with Crippen LogP contribution in [0.5, 0.6) is 0 Å².